The largest absolute Gasteiger partial charge is 0.494 e. The van der Waals surface area contributed by atoms with Crippen LogP contribution in [0.1, 0.15) is 40.9 Å². The molecular formula is C26H27NO4. The summed E-state index contributed by atoms with van der Waals surface area (Å²) in [5.41, 5.74) is 3.79. The summed E-state index contributed by atoms with van der Waals surface area (Å²) < 4.78 is 5.48. The SMILES string of the molecule is CCOc1ccc(CC(=O)N(Cc2cccc(C(=O)O)c2)c2ccccc2CC)cc1. The number of nitrogens with zero attached hydrogens (tertiary/aromatic N) is 1. The normalized spacial score (nSPS) is 10.5. The van der Waals surface area contributed by atoms with Crippen molar-refractivity contribution in [1.82, 2.24) is 0 Å². The van der Waals surface area contributed by atoms with Gasteiger partial charge in [0.25, 0.3) is 0 Å². The number of rotatable bonds is 9. The first-order chi connectivity index (χ1) is 15.0. The molecule has 0 bridgehead atoms. The Hall–Kier alpha value is -3.60. The Kier molecular flexibility index (Phi) is 7.44. The lowest BCUT2D eigenvalue weighted by Gasteiger charge is -2.26. The van der Waals surface area contributed by atoms with Crippen LogP contribution in [0.25, 0.3) is 0 Å². The fourth-order valence-corrected chi connectivity index (χ4v) is 3.51. The molecule has 0 heterocycles. The molecule has 0 saturated heterocycles. The predicted octanol–water partition coefficient (Wildman–Crippen LogP) is 5.12. The number of aryl methyl sites for hydroxylation is 1. The Morgan fingerprint density at radius 1 is 0.903 bits per heavy atom. The molecule has 1 amide bonds. The molecule has 5 heteroatoms. The quantitative estimate of drug-likeness (QED) is 0.525. The van der Waals surface area contributed by atoms with Crippen LogP contribution in [0.4, 0.5) is 5.69 Å². The summed E-state index contributed by atoms with van der Waals surface area (Å²) >= 11 is 0. The van der Waals surface area contributed by atoms with E-state index in [4.69, 9.17) is 4.74 Å². The smallest absolute Gasteiger partial charge is 0.335 e. The maximum absolute atomic E-state index is 13.4. The van der Waals surface area contributed by atoms with Crippen LogP contribution in [0.5, 0.6) is 5.75 Å². The van der Waals surface area contributed by atoms with Gasteiger partial charge in [0.05, 0.1) is 25.1 Å². The van der Waals surface area contributed by atoms with Gasteiger partial charge in [-0.05, 0) is 60.4 Å². The van der Waals surface area contributed by atoms with Crippen molar-refractivity contribution in [3.05, 3.63) is 95.1 Å². The van der Waals surface area contributed by atoms with Crippen LogP contribution >= 0.6 is 0 Å². The van der Waals surface area contributed by atoms with Crippen LogP contribution in [0.3, 0.4) is 0 Å². The van der Waals surface area contributed by atoms with Gasteiger partial charge in [0, 0.05) is 5.69 Å². The lowest BCUT2D eigenvalue weighted by Crippen LogP contribution is -2.32. The molecule has 0 atom stereocenters. The average Bonchev–Trinajstić information content (AvgIpc) is 2.79. The van der Waals surface area contributed by atoms with Crippen molar-refractivity contribution in [2.24, 2.45) is 0 Å². The lowest BCUT2D eigenvalue weighted by atomic mass is 10.1. The van der Waals surface area contributed by atoms with E-state index in [1.165, 1.54) is 0 Å². The van der Waals surface area contributed by atoms with Gasteiger partial charge in [-0.2, -0.15) is 0 Å². The van der Waals surface area contributed by atoms with Crippen LogP contribution in [0.2, 0.25) is 0 Å². The Morgan fingerprint density at radius 3 is 2.32 bits per heavy atom. The van der Waals surface area contributed by atoms with E-state index in [0.29, 0.717) is 13.2 Å². The number of para-hydroxylation sites is 1. The van der Waals surface area contributed by atoms with E-state index in [9.17, 15) is 14.7 Å². The van der Waals surface area contributed by atoms with Gasteiger partial charge in [0.2, 0.25) is 5.91 Å². The van der Waals surface area contributed by atoms with E-state index in [0.717, 1.165) is 34.5 Å². The highest BCUT2D eigenvalue weighted by Gasteiger charge is 2.19. The summed E-state index contributed by atoms with van der Waals surface area (Å²) in [6.45, 7) is 4.88. The summed E-state index contributed by atoms with van der Waals surface area (Å²) in [6.07, 6.45) is 1.03. The van der Waals surface area contributed by atoms with Gasteiger partial charge in [-0.25, -0.2) is 4.79 Å². The number of benzene rings is 3. The molecule has 3 aromatic rings. The molecule has 31 heavy (non-hydrogen) atoms. The van der Waals surface area contributed by atoms with Crippen LogP contribution in [-0.4, -0.2) is 23.6 Å². The van der Waals surface area contributed by atoms with Crippen LogP contribution in [-0.2, 0) is 24.2 Å². The molecule has 160 valence electrons. The molecule has 1 N–H and O–H groups in total. The molecule has 5 nitrogen and oxygen atoms in total. The number of aromatic carboxylic acids is 1. The summed E-state index contributed by atoms with van der Waals surface area (Å²) in [7, 11) is 0. The second kappa shape index (κ2) is 10.4. The Balaban J connectivity index is 1.90. The lowest BCUT2D eigenvalue weighted by molar-refractivity contribution is -0.118. The maximum Gasteiger partial charge on any atom is 0.335 e. The predicted molar refractivity (Wildman–Crippen MR) is 122 cm³/mol. The van der Waals surface area contributed by atoms with Gasteiger partial charge in [-0.3, -0.25) is 4.79 Å². The van der Waals surface area contributed by atoms with E-state index in [-0.39, 0.29) is 17.9 Å². The minimum absolute atomic E-state index is 0.0502. The number of carbonyl (C=O) groups is 2. The number of anilines is 1. The minimum atomic E-state index is -0.983. The molecule has 0 unspecified atom stereocenters. The van der Waals surface area contributed by atoms with Gasteiger partial charge >= 0.3 is 5.97 Å². The first-order valence-electron chi connectivity index (χ1n) is 10.4. The van der Waals surface area contributed by atoms with E-state index in [1.54, 1.807) is 23.1 Å². The Morgan fingerprint density at radius 2 is 1.65 bits per heavy atom. The highest BCUT2D eigenvalue weighted by atomic mass is 16.5. The Labute approximate surface area is 182 Å². The van der Waals surface area contributed by atoms with Gasteiger partial charge < -0.3 is 14.7 Å². The van der Waals surface area contributed by atoms with Crippen molar-refractivity contribution < 1.29 is 19.4 Å². The highest BCUT2D eigenvalue weighted by molar-refractivity contribution is 5.95. The monoisotopic (exact) mass is 417 g/mol. The summed E-state index contributed by atoms with van der Waals surface area (Å²) in [6, 6.07) is 22.1. The molecule has 0 radical (unpaired) electrons. The summed E-state index contributed by atoms with van der Waals surface area (Å²) in [4.78, 5) is 26.5. The van der Waals surface area contributed by atoms with E-state index >= 15 is 0 Å². The molecule has 0 aliphatic rings. The van der Waals surface area contributed by atoms with Crippen molar-refractivity contribution in [2.45, 2.75) is 33.2 Å². The summed E-state index contributed by atoms with van der Waals surface area (Å²) in [5, 5.41) is 9.32. The molecule has 0 saturated carbocycles. The van der Waals surface area contributed by atoms with Crippen molar-refractivity contribution in [2.75, 3.05) is 11.5 Å². The van der Waals surface area contributed by atoms with Crippen molar-refractivity contribution in [1.29, 1.82) is 0 Å². The third-order valence-electron chi connectivity index (χ3n) is 5.07. The molecule has 0 aliphatic carbocycles. The highest BCUT2D eigenvalue weighted by Crippen LogP contribution is 2.25. The number of carboxylic acid groups (broad SMARTS) is 1. The number of hydrogen-bond donors (Lipinski definition) is 1. The number of amides is 1. The molecular weight excluding hydrogens is 390 g/mol. The van der Waals surface area contributed by atoms with E-state index in [2.05, 4.69) is 6.92 Å². The summed E-state index contributed by atoms with van der Waals surface area (Å²) in [5.74, 6) is -0.258. The van der Waals surface area contributed by atoms with Crippen molar-refractivity contribution >= 4 is 17.6 Å². The van der Waals surface area contributed by atoms with E-state index in [1.807, 2.05) is 61.5 Å². The fraction of sp³-hybridized carbons (Fsp3) is 0.231. The molecule has 3 aromatic carbocycles. The second-order valence-electron chi connectivity index (χ2n) is 7.22. The van der Waals surface area contributed by atoms with Crippen LogP contribution < -0.4 is 9.64 Å². The fourth-order valence-electron chi connectivity index (χ4n) is 3.51. The molecule has 3 rings (SSSR count). The maximum atomic E-state index is 13.4. The third-order valence-corrected chi connectivity index (χ3v) is 5.07. The van der Waals surface area contributed by atoms with Gasteiger partial charge in [0.1, 0.15) is 5.75 Å². The van der Waals surface area contributed by atoms with E-state index < -0.39 is 5.97 Å². The number of hydrogen-bond acceptors (Lipinski definition) is 3. The zero-order valence-electron chi connectivity index (χ0n) is 17.9. The Bertz CT molecular complexity index is 1040. The van der Waals surface area contributed by atoms with Gasteiger partial charge in [-0.15, -0.1) is 0 Å². The van der Waals surface area contributed by atoms with Crippen LogP contribution in [0.15, 0.2) is 72.8 Å². The molecule has 0 aromatic heterocycles. The van der Waals surface area contributed by atoms with Gasteiger partial charge in [0.15, 0.2) is 0 Å². The van der Waals surface area contributed by atoms with Crippen molar-refractivity contribution in [3.8, 4) is 5.75 Å². The number of carboxylic acids is 1. The topological polar surface area (TPSA) is 66.8 Å². The number of ether oxygens (including phenoxy) is 1. The third kappa shape index (κ3) is 5.72. The van der Waals surface area contributed by atoms with Crippen LogP contribution in [0, 0.1) is 0 Å². The second-order valence-corrected chi connectivity index (χ2v) is 7.22. The molecule has 0 fully saturated rings. The molecule has 0 aliphatic heterocycles. The van der Waals surface area contributed by atoms with Crippen molar-refractivity contribution in [3.63, 3.8) is 0 Å². The van der Waals surface area contributed by atoms with Gasteiger partial charge in [-0.1, -0.05) is 49.4 Å². The minimum Gasteiger partial charge on any atom is -0.494 e. The first kappa shape index (κ1) is 22.1. The standard InChI is InChI=1S/C26H27NO4/c1-3-21-9-5-6-11-24(21)27(18-20-8-7-10-22(16-20)26(29)30)25(28)17-19-12-14-23(15-13-19)31-4-2/h5-16H,3-4,17-18H2,1-2H3,(H,29,30). The number of carbonyl (C=O) groups excluding carboxylic acids is 1. The molecule has 0 spiro atoms. The zero-order valence-corrected chi connectivity index (χ0v) is 17.9. The first-order valence-corrected chi connectivity index (χ1v) is 10.4. The zero-order chi connectivity index (χ0) is 22.2. The average molecular weight is 418 g/mol.